The molecule has 0 saturated carbocycles. The molecule has 3 aromatic rings. The van der Waals surface area contributed by atoms with Crippen molar-refractivity contribution in [2.24, 2.45) is 0 Å². The van der Waals surface area contributed by atoms with Crippen LogP contribution in [0.3, 0.4) is 0 Å². The van der Waals surface area contributed by atoms with Gasteiger partial charge < -0.3 is 20.9 Å². The van der Waals surface area contributed by atoms with Gasteiger partial charge in [0.1, 0.15) is 5.75 Å². The molecule has 9 heteroatoms. The predicted molar refractivity (Wildman–Crippen MR) is 131 cm³/mol. The van der Waals surface area contributed by atoms with E-state index in [1.165, 1.54) is 6.08 Å². The first-order valence-corrected chi connectivity index (χ1v) is 11.0. The number of carbonyl (C=O) groups excluding carboxylic acids is 1. The summed E-state index contributed by atoms with van der Waals surface area (Å²) in [7, 11) is 0. The normalized spacial score (nSPS) is 10.9. The fourth-order valence-electron chi connectivity index (χ4n) is 3.06. The number of benzene rings is 2. The van der Waals surface area contributed by atoms with Gasteiger partial charge in [-0.2, -0.15) is 4.98 Å². The summed E-state index contributed by atoms with van der Waals surface area (Å²) >= 11 is 0. The number of para-hydroxylation sites is 1. The highest BCUT2D eigenvalue weighted by Gasteiger charge is 2.11. The van der Waals surface area contributed by atoms with Crippen LogP contribution in [-0.4, -0.2) is 29.1 Å². The second-order valence-corrected chi connectivity index (χ2v) is 7.26. The summed E-state index contributed by atoms with van der Waals surface area (Å²) in [5.41, 5.74) is 16.3. The molecule has 0 radical (unpaired) electrons. The van der Waals surface area contributed by atoms with Crippen molar-refractivity contribution in [2.45, 2.75) is 26.4 Å². The Morgan fingerprint density at radius 2 is 1.74 bits per heavy atom. The molecule has 2 aromatic carbocycles. The zero-order chi connectivity index (χ0) is 24.2. The van der Waals surface area contributed by atoms with E-state index in [9.17, 15) is 4.79 Å². The van der Waals surface area contributed by atoms with E-state index in [-0.39, 0.29) is 24.3 Å². The minimum atomic E-state index is -0.367. The Hall–Kier alpha value is -4.11. The van der Waals surface area contributed by atoms with Crippen molar-refractivity contribution >= 4 is 23.7 Å². The topological polar surface area (TPSA) is 135 Å². The molecule has 0 saturated heterocycles. The molecular weight excluding hydrogens is 434 g/mol. The molecule has 9 nitrogen and oxygen atoms in total. The van der Waals surface area contributed by atoms with Crippen LogP contribution < -0.4 is 26.4 Å². The van der Waals surface area contributed by atoms with Gasteiger partial charge in [-0.25, -0.2) is 10.5 Å². The summed E-state index contributed by atoms with van der Waals surface area (Å²) in [6.07, 6.45) is 4.31. The number of nitrogens with zero attached hydrogens (tertiary/aromatic N) is 2. The zero-order valence-electron chi connectivity index (χ0n) is 19.1. The molecule has 0 aliphatic carbocycles. The maximum absolute atomic E-state index is 12.0. The Morgan fingerprint density at radius 1 is 1.00 bits per heavy atom. The first kappa shape index (κ1) is 24.5. The molecule has 5 N–H and O–H groups in total. The Balaban J connectivity index is 1.44. The number of nitrogens with two attached hydrogens (primary N) is 2. The van der Waals surface area contributed by atoms with Gasteiger partial charge in [0.25, 0.3) is 5.91 Å². The molecule has 0 unspecified atom stereocenters. The van der Waals surface area contributed by atoms with E-state index in [2.05, 4.69) is 15.4 Å². The van der Waals surface area contributed by atoms with Crippen LogP contribution in [0.4, 0.5) is 11.8 Å². The average molecular weight is 464 g/mol. The Bertz CT molecular complexity index is 1110. The third-order valence-electron chi connectivity index (χ3n) is 4.69. The lowest BCUT2D eigenvalue weighted by Crippen LogP contribution is -2.21. The van der Waals surface area contributed by atoms with E-state index < -0.39 is 0 Å². The first-order chi connectivity index (χ1) is 16.6. The molecule has 0 fully saturated rings. The molecule has 178 valence electrons. The molecule has 0 bridgehead atoms. The van der Waals surface area contributed by atoms with Crippen molar-refractivity contribution in [1.29, 1.82) is 0 Å². The lowest BCUT2D eigenvalue weighted by molar-refractivity contribution is -0.129. The predicted octanol–water partition coefficient (Wildman–Crippen LogP) is 3.31. The van der Waals surface area contributed by atoms with Gasteiger partial charge >= 0.3 is 0 Å². The van der Waals surface area contributed by atoms with Crippen molar-refractivity contribution < 1.29 is 19.1 Å². The van der Waals surface area contributed by atoms with Crippen LogP contribution in [0.25, 0.3) is 6.08 Å². The maximum Gasteiger partial charge on any atom is 0.267 e. The number of aryl methyl sites for hydroxylation is 1. The molecule has 0 atom stereocenters. The van der Waals surface area contributed by atoms with Gasteiger partial charge in [-0.3, -0.25) is 9.63 Å². The summed E-state index contributed by atoms with van der Waals surface area (Å²) in [5, 5.41) is 0. The van der Waals surface area contributed by atoms with Gasteiger partial charge in [0.05, 0.1) is 25.5 Å². The second kappa shape index (κ2) is 12.8. The SMILES string of the molecule is CCc1nc(N)nc(N)c1OCCCOc1ccccc1C=CC(=O)NOCc1ccccc1. The number of amides is 1. The van der Waals surface area contributed by atoms with E-state index >= 15 is 0 Å². The second-order valence-electron chi connectivity index (χ2n) is 7.26. The van der Waals surface area contributed by atoms with Crippen molar-refractivity contribution in [3.05, 3.63) is 77.5 Å². The van der Waals surface area contributed by atoms with Crippen LogP contribution >= 0.6 is 0 Å². The molecule has 3 rings (SSSR count). The number of nitrogens with one attached hydrogen (secondary N) is 1. The van der Waals surface area contributed by atoms with E-state index in [0.717, 1.165) is 11.1 Å². The van der Waals surface area contributed by atoms with Crippen molar-refractivity contribution in [1.82, 2.24) is 15.4 Å². The Labute approximate surface area is 198 Å². The third-order valence-corrected chi connectivity index (χ3v) is 4.69. The van der Waals surface area contributed by atoms with Crippen LogP contribution in [0.2, 0.25) is 0 Å². The summed E-state index contributed by atoms with van der Waals surface area (Å²) in [6.45, 7) is 3.02. The number of hydrogen-bond acceptors (Lipinski definition) is 8. The Morgan fingerprint density at radius 3 is 2.53 bits per heavy atom. The molecule has 34 heavy (non-hydrogen) atoms. The standard InChI is InChI=1S/C25H29N5O4/c1-2-20-23(24(26)29-25(27)28-20)33-16-8-15-32-21-12-7-6-11-19(21)13-14-22(31)30-34-17-18-9-4-3-5-10-18/h3-7,9-14H,2,8,15-17H2,1H3,(H,30,31)(H4,26,27,28,29). The maximum atomic E-state index is 12.0. The summed E-state index contributed by atoms with van der Waals surface area (Å²) in [6, 6.07) is 17.0. The molecule has 1 aromatic heterocycles. The fourth-order valence-corrected chi connectivity index (χ4v) is 3.06. The summed E-state index contributed by atoms with van der Waals surface area (Å²) in [5.74, 6) is 1.11. The highest BCUT2D eigenvalue weighted by molar-refractivity contribution is 5.91. The number of nitrogen functional groups attached to an aromatic ring is 2. The minimum absolute atomic E-state index is 0.131. The number of hydroxylamine groups is 1. The zero-order valence-corrected chi connectivity index (χ0v) is 19.1. The van der Waals surface area contributed by atoms with Crippen LogP contribution in [0.1, 0.15) is 30.2 Å². The molecular formula is C25H29N5O4. The van der Waals surface area contributed by atoms with Gasteiger partial charge in [-0.15, -0.1) is 0 Å². The lowest BCUT2D eigenvalue weighted by Gasteiger charge is -2.13. The molecule has 1 amide bonds. The minimum Gasteiger partial charge on any atom is -0.493 e. The van der Waals surface area contributed by atoms with Crippen molar-refractivity contribution in [2.75, 3.05) is 24.7 Å². The highest BCUT2D eigenvalue weighted by Crippen LogP contribution is 2.25. The van der Waals surface area contributed by atoms with E-state index in [1.807, 2.05) is 61.5 Å². The molecule has 0 aliphatic heterocycles. The summed E-state index contributed by atoms with van der Waals surface area (Å²) < 4.78 is 11.6. The van der Waals surface area contributed by atoms with Crippen LogP contribution in [0.5, 0.6) is 11.5 Å². The molecule has 1 heterocycles. The smallest absolute Gasteiger partial charge is 0.267 e. The molecule has 0 spiro atoms. The van der Waals surface area contributed by atoms with Crippen LogP contribution in [-0.2, 0) is 22.7 Å². The van der Waals surface area contributed by atoms with E-state index in [0.29, 0.717) is 43.2 Å². The fraction of sp³-hybridized carbons (Fsp3) is 0.240. The first-order valence-electron chi connectivity index (χ1n) is 11.0. The van der Waals surface area contributed by atoms with Gasteiger partial charge in [-0.05, 0) is 24.1 Å². The van der Waals surface area contributed by atoms with Crippen LogP contribution in [0, 0.1) is 0 Å². The number of hydrogen-bond donors (Lipinski definition) is 3. The van der Waals surface area contributed by atoms with Gasteiger partial charge in [-0.1, -0.05) is 55.5 Å². The number of rotatable bonds is 12. The van der Waals surface area contributed by atoms with E-state index in [4.69, 9.17) is 25.8 Å². The molecule has 0 aliphatic rings. The lowest BCUT2D eigenvalue weighted by atomic mass is 10.2. The Kier molecular flexibility index (Phi) is 9.24. The van der Waals surface area contributed by atoms with Crippen molar-refractivity contribution in [3.63, 3.8) is 0 Å². The van der Waals surface area contributed by atoms with Crippen LogP contribution in [0.15, 0.2) is 60.7 Å². The quantitative estimate of drug-likeness (QED) is 0.212. The highest BCUT2D eigenvalue weighted by atomic mass is 16.6. The van der Waals surface area contributed by atoms with Gasteiger partial charge in [0, 0.05) is 18.1 Å². The third kappa shape index (κ3) is 7.49. The number of carbonyl (C=O) groups is 1. The van der Waals surface area contributed by atoms with Gasteiger partial charge in [0.15, 0.2) is 11.6 Å². The monoisotopic (exact) mass is 463 g/mol. The number of aromatic nitrogens is 2. The number of ether oxygens (including phenoxy) is 2. The van der Waals surface area contributed by atoms with Crippen molar-refractivity contribution in [3.8, 4) is 11.5 Å². The van der Waals surface area contributed by atoms with Gasteiger partial charge in [0.2, 0.25) is 5.95 Å². The van der Waals surface area contributed by atoms with E-state index in [1.54, 1.807) is 6.08 Å². The largest absolute Gasteiger partial charge is 0.493 e. The average Bonchev–Trinajstić information content (AvgIpc) is 2.84. The summed E-state index contributed by atoms with van der Waals surface area (Å²) in [4.78, 5) is 25.4. The number of anilines is 2.